The normalized spacial score (nSPS) is 14.6. The summed E-state index contributed by atoms with van der Waals surface area (Å²) in [6.45, 7) is 4.37. The number of carbonyl (C=O) groups excluding carboxylic acids is 2. The van der Waals surface area contributed by atoms with E-state index in [2.05, 4.69) is 15.9 Å². The minimum atomic E-state index is -0.0477. The SMILES string of the molecule is Cc1ccc(OCC(=O)N2CCCN(C(=O)c3ccc(Br)cc3)CC2)cc1. The molecule has 3 rings (SSSR count). The molecule has 1 heterocycles. The van der Waals surface area contributed by atoms with Gasteiger partial charge in [-0.15, -0.1) is 0 Å². The summed E-state index contributed by atoms with van der Waals surface area (Å²) in [4.78, 5) is 28.7. The lowest BCUT2D eigenvalue weighted by molar-refractivity contribution is -0.133. The lowest BCUT2D eigenvalue weighted by Crippen LogP contribution is -2.39. The van der Waals surface area contributed by atoms with E-state index in [9.17, 15) is 9.59 Å². The van der Waals surface area contributed by atoms with Crippen LogP contribution in [-0.2, 0) is 4.79 Å². The third kappa shape index (κ3) is 5.32. The first-order valence-corrected chi connectivity index (χ1v) is 9.84. The highest BCUT2D eigenvalue weighted by Crippen LogP contribution is 2.15. The summed E-state index contributed by atoms with van der Waals surface area (Å²) < 4.78 is 6.54. The molecule has 0 bridgehead atoms. The number of ether oxygens (including phenoxy) is 1. The van der Waals surface area contributed by atoms with Crippen LogP contribution in [0.2, 0.25) is 0 Å². The molecule has 0 unspecified atom stereocenters. The summed E-state index contributed by atoms with van der Waals surface area (Å²) in [6.07, 6.45) is 0.762. The Hall–Kier alpha value is -2.34. The molecule has 1 saturated heterocycles. The first kappa shape index (κ1) is 19.4. The zero-order chi connectivity index (χ0) is 19.2. The largest absolute Gasteiger partial charge is 0.484 e. The highest BCUT2D eigenvalue weighted by atomic mass is 79.9. The highest BCUT2D eigenvalue weighted by Gasteiger charge is 2.23. The number of aryl methyl sites for hydroxylation is 1. The van der Waals surface area contributed by atoms with Gasteiger partial charge in [-0.1, -0.05) is 33.6 Å². The molecule has 5 nitrogen and oxygen atoms in total. The Labute approximate surface area is 168 Å². The topological polar surface area (TPSA) is 49.9 Å². The van der Waals surface area contributed by atoms with E-state index < -0.39 is 0 Å². The van der Waals surface area contributed by atoms with Crippen LogP contribution < -0.4 is 4.74 Å². The van der Waals surface area contributed by atoms with E-state index in [1.165, 1.54) is 0 Å². The Morgan fingerprint density at radius 1 is 0.926 bits per heavy atom. The van der Waals surface area contributed by atoms with Crippen molar-refractivity contribution >= 4 is 27.7 Å². The van der Waals surface area contributed by atoms with Crippen molar-refractivity contribution < 1.29 is 14.3 Å². The van der Waals surface area contributed by atoms with Crippen molar-refractivity contribution in [1.29, 1.82) is 0 Å². The minimum absolute atomic E-state index is 0.00713. The zero-order valence-electron chi connectivity index (χ0n) is 15.4. The standard InChI is InChI=1S/C21H23BrN2O3/c1-16-3-9-19(10-4-16)27-15-20(25)23-11-2-12-24(14-13-23)21(26)17-5-7-18(22)8-6-17/h3-10H,2,11-15H2,1H3. The van der Waals surface area contributed by atoms with Crippen LogP contribution in [0.5, 0.6) is 5.75 Å². The van der Waals surface area contributed by atoms with E-state index in [-0.39, 0.29) is 18.4 Å². The molecule has 6 heteroatoms. The van der Waals surface area contributed by atoms with Gasteiger partial charge in [0.25, 0.3) is 11.8 Å². The van der Waals surface area contributed by atoms with Gasteiger partial charge >= 0.3 is 0 Å². The average Bonchev–Trinajstić information content (AvgIpc) is 2.94. The molecule has 0 atom stereocenters. The van der Waals surface area contributed by atoms with Crippen LogP contribution >= 0.6 is 15.9 Å². The lowest BCUT2D eigenvalue weighted by Gasteiger charge is -2.22. The van der Waals surface area contributed by atoms with E-state index >= 15 is 0 Å². The van der Waals surface area contributed by atoms with Gasteiger partial charge in [0.05, 0.1) is 0 Å². The molecule has 2 amide bonds. The number of carbonyl (C=O) groups is 2. The molecule has 0 N–H and O–H groups in total. The molecule has 2 aromatic carbocycles. The van der Waals surface area contributed by atoms with Crippen LogP contribution in [0.15, 0.2) is 53.0 Å². The Morgan fingerprint density at radius 3 is 2.26 bits per heavy atom. The van der Waals surface area contributed by atoms with E-state index in [1.54, 1.807) is 4.90 Å². The van der Waals surface area contributed by atoms with Gasteiger partial charge in [-0.05, 0) is 49.7 Å². The summed E-state index contributed by atoms with van der Waals surface area (Å²) in [7, 11) is 0. The molecule has 0 spiro atoms. The Morgan fingerprint density at radius 2 is 1.56 bits per heavy atom. The third-order valence-corrected chi connectivity index (χ3v) is 5.14. The molecule has 0 saturated carbocycles. The third-order valence-electron chi connectivity index (χ3n) is 4.61. The monoisotopic (exact) mass is 430 g/mol. The number of amides is 2. The number of hydrogen-bond donors (Lipinski definition) is 0. The predicted molar refractivity (Wildman–Crippen MR) is 108 cm³/mol. The molecule has 1 aliphatic rings. The number of nitrogens with zero attached hydrogens (tertiary/aromatic N) is 2. The van der Waals surface area contributed by atoms with E-state index in [0.29, 0.717) is 37.5 Å². The van der Waals surface area contributed by atoms with Crippen LogP contribution in [0.25, 0.3) is 0 Å². The minimum Gasteiger partial charge on any atom is -0.484 e. The van der Waals surface area contributed by atoms with Crippen LogP contribution in [0.4, 0.5) is 0 Å². The molecule has 0 radical (unpaired) electrons. The fourth-order valence-electron chi connectivity index (χ4n) is 3.02. The second-order valence-corrected chi connectivity index (χ2v) is 7.55. The molecule has 0 aliphatic carbocycles. The smallest absolute Gasteiger partial charge is 0.260 e. The van der Waals surface area contributed by atoms with Gasteiger partial charge < -0.3 is 14.5 Å². The first-order valence-electron chi connectivity index (χ1n) is 9.05. The molecule has 1 aliphatic heterocycles. The Balaban J connectivity index is 1.52. The van der Waals surface area contributed by atoms with Gasteiger partial charge in [0.1, 0.15) is 5.75 Å². The second-order valence-electron chi connectivity index (χ2n) is 6.64. The lowest BCUT2D eigenvalue weighted by atomic mass is 10.2. The molecule has 142 valence electrons. The number of benzene rings is 2. The number of hydrogen-bond acceptors (Lipinski definition) is 3. The van der Waals surface area contributed by atoms with Crippen molar-refractivity contribution in [2.24, 2.45) is 0 Å². The van der Waals surface area contributed by atoms with Crippen molar-refractivity contribution in [1.82, 2.24) is 9.80 Å². The van der Waals surface area contributed by atoms with Crippen LogP contribution in [0.1, 0.15) is 22.3 Å². The van der Waals surface area contributed by atoms with E-state index in [1.807, 2.05) is 60.4 Å². The van der Waals surface area contributed by atoms with Gasteiger partial charge in [-0.3, -0.25) is 9.59 Å². The summed E-state index contributed by atoms with van der Waals surface area (Å²) in [5, 5.41) is 0. The van der Waals surface area contributed by atoms with Gasteiger partial charge in [-0.25, -0.2) is 0 Å². The summed E-state index contributed by atoms with van der Waals surface area (Å²) in [6, 6.07) is 15.0. The highest BCUT2D eigenvalue weighted by molar-refractivity contribution is 9.10. The molecular weight excluding hydrogens is 408 g/mol. The fourth-order valence-corrected chi connectivity index (χ4v) is 3.28. The van der Waals surface area contributed by atoms with Crippen molar-refractivity contribution in [3.05, 3.63) is 64.1 Å². The van der Waals surface area contributed by atoms with Gasteiger partial charge in [0.15, 0.2) is 6.61 Å². The number of halogens is 1. The van der Waals surface area contributed by atoms with Gasteiger partial charge in [0.2, 0.25) is 0 Å². The average molecular weight is 431 g/mol. The second kappa shape index (κ2) is 9.04. The van der Waals surface area contributed by atoms with Crippen molar-refractivity contribution in [3.63, 3.8) is 0 Å². The van der Waals surface area contributed by atoms with E-state index in [4.69, 9.17) is 4.74 Å². The molecule has 0 aromatic heterocycles. The van der Waals surface area contributed by atoms with Crippen LogP contribution in [0, 0.1) is 6.92 Å². The summed E-state index contributed by atoms with van der Waals surface area (Å²) in [5.74, 6) is 0.650. The van der Waals surface area contributed by atoms with E-state index in [0.717, 1.165) is 16.5 Å². The zero-order valence-corrected chi connectivity index (χ0v) is 16.9. The summed E-state index contributed by atoms with van der Waals surface area (Å²) >= 11 is 3.38. The quantitative estimate of drug-likeness (QED) is 0.745. The Kier molecular flexibility index (Phi) is 6.50. The fraction of sp³-hybridized carbons (Fsp3) is 0.333. The number of rotatable bonds is 4. The van der Waals surface area contributed by atoms with Gasteiger partial charge in [-0.2, -0.15) is 0 Å². The van der Waals surface area contributed by atoms with Crippen LogP contribution in [0.3, 0.4) is 0 Å². The molecular formula is C21H23BrN2O3. The maximum atomic E-state index is 12.7. The maximum Gasteiger partial charge on any atom is 0.260 e. The molecule has 2 aromatic rings. The molecule has 27 heavy (non-hydrogen) atoms. The van der Waals surface area contributed by atoms with Crippen molar-refractivity contribution in [3.8, 4) is 5.75 Å². The molecule has 1 fully saturated rings. The maximum absolute atomic E-state index is 12.7. The summed E-state index contributed by atoms with van der Waals surface area (Å²) in [5.41, 5.74) is 1.82. The van der Waals surface area contributed by atoms with Crippen molar-refractivity contribution in [2.75, 3.05) is 32.8 Å². The van der Waals surface area contributed by atoms with Crippen molar-refractivity contribution in [2.45, 2.75) is 13.3 Å². The van der Waals surface area contributed by atoms with Gasteiger partial charge in [0, 0.05) is 36.2 Å². The predicted octanol–water partition coefficient (Wildman–Crippen LogP) is 3.51. The Bertz CT molecular complexity index is 790. The van der Waals surface area contributed by atoms with Crippen LogP contribution in [-0.4, -0.2) is 54.4 Å². The first-order chi connectivity index (χ1) is 13.0.